The molecule has 20 heavy (non-hydrogen) atoms. The van der Waals surface area contributed by atoms with Crippen LogP contribution < -0.4 is 10.2 Å². The van der Waals surface area contributed by atoms with Crippen molar-refractivity contribution in [1.29, 1.82) is 5.26 Å². The summed E-state index contributed by atoms with van der Waals surface area (Å²) in [7, 11) is 0. The molecular weight excluding hydrogens is 246 g/mol. The SMILES string of the molecule is CC1CCN(c2ccc(CNC(C)(C)C)cc2C#N)C1. The molecule has 1 aliphatic rings. The number of rotatable bonds is 3. The van der Waals surface area contributed by atoms with Crippen LogP contribution in [0, 0.1) is 17.2 Å². The van der Waals surface area contributed by atoms with Gasteiger partial charge in [0.1, 0.15) is 6.07 Å². The van der Waals surface area contributed by atoms with Crippen LogP contribution >= 0.6 is 0 Å². The van der Waals surface area contributed by atoms with Gasteiger partial charge >= 0.3 is 0 Å². The fourth-order valence-electron chi connectivity index (χ4n) is 2.58. The van der Waals surface area contributed by atoms with Crippen LogP contribution in [0.3, 0.4) is 0 Å². The Labute approximate surface area is 122 Å². The van der Waals surface area contributed by atoms with E-state index < -0.39 is 0 Å². The van der Waals surface area contributed by atoms with Crippen molar-refractivity contribution < 1.29 is 0 Å². The Balaban J connectivity index is 2.14. The first-order chi connectivity index (χ1) is 9.39. The largest absolute Gasteiger partial charge is 0.370 e. The minimum absolute atomic E-state index is 0.0931. The molecule has 0 amide bonds. The van der Waals surface area contributed by atoms with Crippen LogP contribution in [0.5, 0.6) is 0 Å². The smallest absolute Gasteiger partial charge is 0.101 e. The average molecular weight is 271 g/mol. The summed E-state index contributed by atoms with van der Waals surface area (Å²) >= 11 is 0. The normalized spacial score (nSPS) is 19.1. The first-order valence-electron chi connectivity index (χ1n) is 7.42. The number of nitrogens with one attached hydrogen (secondary N) is 1. The molecule has 1 unspecified atom stereocenters. The Hall–Kier alpha value is -1.53. The zero-order chi connectivity index (χ0) is 14.8. The summed E-state index contributed by atoms with van der Waals surface area (Å²) < 4.78 is 0. The van der Waals surface area contributed by atoms with Crippen molar-refractivity contribution in [3.05, 3.63) is 29.3 Å². The molecule has 1 saturated heterocycles. The molecule has 0 aromatic heterocycles. The lowest BCUT2D eigenvalue weighted by molar-refractivity contribution is 0.424. The summed E-state index contributed by atoms with van der Waals surface area (Å²) in [4.78, 5) is 2.34. The monoisotopic (exact) mass is 271 g/mol. The Morgan fingerprint density at radius 2 is 2.15 bits per heavy atom. The number of hydrogen-bond donors (Lipinski definition) is 1. The fourth-order valence-corrected chi connectivity index (χ4v) is 2.58. The van der Waals surface area contributed by atoms with E-state index in [1.165, 1.54) is 12.0 Å². The summed E-state index contributed by atoms with van der Waals surface area (Å²) in [5.41, 5.74) is 3.16. The van der Waals surface area contributed by atoms with Crippen LogP contribution in [0.15, 0.2) is 18.2 Å². The number of hydrogen-bond acceptors (Lipinski definition) is 3. The van der Waals surface area contributed by atoms with Gasteiger partial charge in [-0.2, -0.15) is 5.26 Å². The van der Waals surface area contributed by atoms with E-state index in [2.05, 4.69) is 56.1 Å². The molecule has 3 heteroatoms. The third-order valence-corrected chi connectivity index (χ3v) is 3.77. The number of nitriles is 1. The van der Waals surface area contributed by atoms with E-state index in [0.717, 1.165) is 36.8 Å². The topological polar surface area (TPSA) is 39.1 Å². The molecule has 3 nitrogen and oxygen atoms in total. The molecule has 0 radical (unpaired) electrons. The first kappa shape index (κ1) is 14.9. The van der Waals surface area contributed by atoms with Crippen molar-refractivity contribution in [2.24, 2.45) is 5.92 Å². The molecule has 1 aromatic carbocycles. The third-order valence-electron chi connectivity index (χ3n) is 3.77. The number of nitrogens with zero attached hydrogens (tertiary/aromatic N) is 2. The van der Waals surface area contributed by atoms with Crippen molar-refractivity contribution in [2.45, 2.75) is 46.2 Å². The van der Waals surface area contributed by atoms with Gasteiger partial charge < -0.3 is 10.2 Å². The highest BCUT2D eigenvalue weighted by Crippen LogP contribution is 2.27. The lowest BCUT2D eigenvalue weighted by atomic mass is 10.1. The molecule has 0 spiro atoms. The molecule has 1 aromatic rings. The van der Waals surface area contributed by atoms with Gasteiger partial charge in [0.2, 0.25) is 0 Å². The van der Waals surface area contributed by atoms with Crippen molar-refractivity contribution >= 4 is 5.69 Å². The van der Waals surface area contributed by atoms with Crippen LogP contribution in [0.2, 0.25) is 0 Å². The highest BCUT2D eigenvalue weighted by Gasteiger charge is 2.21. The maximum atomic E-state index is 9.40. The zero-order valence-corrected chi connectivity index (χ0v) is 13.0. The van der Waals surface area contributed by atoms with Crippen LogP contribution in [0.25, 0.3) is 0 Å². The van der Waals surface area contributed by atoms with Gasteiger partial charge in [-0.05, 0) is 50.8 Å². The van der Waals surface area contributed by atoms with Crippen LogP contribution in [-0.4, -0.2) is 18.6 Å². The molecule has 0 aliphatic carbocycles. The van der Waals surface area contributed by atoms with Crippen molar-refractivity contribution in [1.82, 2.24) is 5.32 Å². The van der Waals surface area contributed by atoms with E-state index in [4.69, 9.17) is 0 Å². The van der Waals surface area contributed by atoms with Crippen LogP contribution in [-0.2, 0) is 6.54 Å². The Morgan fingerprint density at radius 1 is 1.40 bits per heavy atom. The maximum Gasteiger partial charge on any atom is 0.101 e. The predicted octanol–water partition coefficient (Wildman–Crippen LogP) is 3.29. The summed E-state index contributed by atoms with van der Waals surface area (Å²) in [6.07, 6.45) is 1.22. The predicted molar refractivity (Wildman–Crippen MR) is 83.7 cm³/mol. The first-order valence-corrected chi connectivity index (χ1v) is 7.42. The van der Waals surface area contributed by atoms with E-state index in [0.29, 0.717) is 0 Å². The van der Waals surface area contributed by atoms with Gasteiger partial charge in [0.15, 0.2) is 0 Å². The van der Waals surface area contributed by atoms with Crippen molar-refractivity contribution in [2.75, 3.05) is 18.0 Å². The molecule has 1 atom stereocenters. The molecule has 1 fully saturated rings. The quantitative estimate of drug-likeness (QED) is 0.917. The molecule has 0 bridgehead atoms. The molecule has 1 aliphatic heterocycles. The lowest BCUT2D eigenvalue weighted by Crippen LogP contribution is -2.35. The summed E-state index contributed by atoms with van der Waals surface area (Å²) in [6.45, 7) is 11.7. The molecule has 0 saturated carbocycles. The van der Waals surface area contributed by atoms with Gasteiger partial charge in [0.25, 0.3) is 0 Å². The lowest BCUT2D eigenvalue weighted by Gasteiger charge is -2.22. The molecule has 108 valence electrons. The third kappa shape index (κ3) is 3.74. The fraction of sp³-hybridized carbons (Fsp3) is 0.588. The van der Waals surface area contributed by atoms with Gasteiger partial charge in [-0.25, -0.2) is 0 Å². The van der Waals surface area contributed by atoms with Gasteiger partial charge in [0.05, 0.1) is 11.3 Å². The highest BCUT2D eigenvalue weighted by atomic mass is 15.1. The Bertz CT molecular complexity index is 508. The molecule has 1 heterocycles. The van der Waals surface area contributed by atoms with Gasteiger partial charge in [0, 0.05) is 25.2 Å². The standard InChI is InChI=1S/C17H25N3/c1-13-7-8-20(12-13)16-6-5-14(9-15(16)10-18)11-19-17(2,3)4/h5-6,9,13,19H,7-8,11-12H2,1-4H3. The highest BCUT2D eigenvalue weighted by molar-refractivity contribution is 5.61. The minimum atomic E-state index is 0.0931. The zero-order valence-electron chi connectivity index (χ0n) is 13.0. The summed E-state index contributed by atoms with van der Waals surface area (Å²) in [5.74, 6) is 0.726. The Morgan fingerprint density at radius 3 is 2.70 bits per heavy atom. The van der Waals surface area contributed by atoms with E-state index in [1.807, 2.05) is 6.07 Å². The van der Waals surface area contributed by atoms with E-state index >= 15 is 0 Å². The van der Waals surface area contributed by atoms with Crippen LogP contribution in [0.4, 0.5) is 5.69 Å². The van der Waals surface area contributed by atoms with E-state index in [1.54, 1.807) is 0 Å². The second-order valence-electron chi connectivity index (χ2n) is 6.91. The van der Waals surface area contributed by atoms with Gasteiger partial charge in [-0.1, -0.05) is 13.0 Å². The summed E-state index contributed by atoms with van der Waals surface area (Å²) in [6, 6.07) is 8.62. The summed E-state index contributed by atoms with van der Waals surface area (Å²) in [5, 5.41) is 12.9. The molecule has 2 rings (SSSR count). The number of anilines is 1. The molecular formula is C17H25N3. The average Bonchev–Trinajstić information content (AvgIpc) is 2.81. The minimum Gasteiger partial charge on any atom is -0.370 e. The van der Waals surface area contributed by atoms with Crippen LogP contribution in [0.1, 0.15) is 45.2 Å². The van der Waals surface area contributed by atoms with Crippen molar-refractivity contribution in [3.63, 3.8) is 0 Å². The molecule has 1 N–H and O–H groups in total. The maximum absolute atomic E-state index is 9.40. The van der Waals surface area contributed by atoms with E-state index in [-0.39, 0.29) is 5.54 Å². The Kier molecular flexibility index (Phi) is 4.35. The van der Waals surface area contributed by atoms with Gasteiger partial charge in [-0.3, -0.25) is 0 Å². The van der Waals surface area contributed by atoms with Gasteiger partial charge in [-0.15, -0.1) is 0 Å². The van der Waals surface area contributed by atoms with Crippen molar-refractivity contribution in [3.8, 4) is 6.07 Å². The number of benzene rings is 1. The van der Waals surface area contributed by atoms with E-state index in [9.17, 15) is 5.26 Å². The second kappa shape index (κ2) is 5.85. The second-order valence-corrected chi connectivity index (χ2v) is 6.91.